The zero-order valence-electron chi connectivity index (χ0n) is 21.2. The van der Waals surface area contributed by atoms with Crippen LogP contribution in [0.1, 0.15) is 21.6 Å². The molecule has 0 amide bonds. The second kappa shape index (κ2) is 8.59. The number of carbonyl (C=O) groups excluding carboxylic acids is 1. The highest BCUT2D eigenvalue weighted by Gasteiger charge is 2.35. The molecule has 0 unspecified atom stereocenters. The quantitative estimate of drug-likeness (QED) is 0.298. The Kier molecular flexibility index (Phi) is 6.50. The van der Waals surface area contributed by atoms with Gasteiger partial charge in [0.25, 0.3) is 0 Å². The molecule has 0 saturated carbocycles. The van der Waals surface area contributed by atoms with E-state index in [0.717, 1.165) is 5.69 Å². The van der Waals surface area contributed by atoms with Gasteiger partial charge in [-0.1, -0.05) is 77.0 Å². The van der Waals surface area contributed by atoms with E-state index < -0.39 is 24.5 Å². The molecule has 6 nitrogen and oxygen atoms in total. The summed E-state index contributed by atoms with van der Waals surface area (Å²) in [7, 11) is -4.91. The molecule has 2 N–H and O–H groups in total. The number of fused-ring (bicyclic) bond motifs is 1. The minimum Gasteiger partial charge on any atom is -0.425 e. The summed E-state index contributed by atoms with van der Waals surface area (Å²) >= 11 is 0. The van der Waals surface area contributed by atoms with Crippen molar-refractivity contribution in [1.29, 1.82) is 0 Å². The number of anilines is 2. The highest BCUT2D eigenvalue weighted by Crippen LogP contribution is 2.30. The monoisotopic (exact) mass is 493 g/mol. The molecule has 0 radical (unpaired) electrons. The molecule has 0 spiro atoms. The van der Waals surface area contributed by atoms with Crippen LogP contribution in [0.4, 0.5) is 11.5 Å². The first kappa shape index (κ1) is 25.0. The first-order valence-electron chi connectivity index (χ1n) is 11.2. The van der Waals surface area contributed by atoms with Gasteiger partial charge in [0.05, 0.1) is 5.56 Å². The van der Waals surface area contributed by atoms with Crippen LogP contribution in [0.3, 0.4) is 0 Å². The standard InChI is InChI=1S/C24H35N5OSi3/c1-31(2,3)14-13-19-16-21(22-24(25)26-17-27-28(19)22)23(30)18-11-10-12-20(15-18)29(32(4,5)6)33(7,8)9/h10-12,15-17H,1-9H3,(H2,25,26,27). The maximum Gasteiger partial charge on any atom is 0.195 e. The Morgan fingerprint density at radius 2 is 1.64 bits per heavy atom. The average molecular weight is 494 g/mol. The fraction of sp³-hybridized carbons (Fsp3) is 0.375. The lowest BCUT2D eigenvalue weighted by atomic mass is 10.0. The van der Waals surface area contributed by atoms with Gasteiger partial charge in [-0.25, -0.2) is 9.50 Å². The molecule has 0 bridgehead atoms. The molecule has 3 rings (SSSR count). The highest BCUT2D eigenvalue weighted by atomic mass is 28.4. The second-order valence-electron chi connectivity index (χ2n) is 11.4. The zero-order valence-corrected chi connectivity index (χ0v) is 24.2. The molecule has 3 aromatic rings. The molecule has 33 heavy (non-hydrogen) atoms. The summed E-state index contributed by atoms with van der Waals surface area (Å²) in [5.74, 6) is 3.41. The van der Waals surface area contributed by atoms with E-state index in [0.29, 0.717) is 22.3 Å². The van der Waals surface area contributed by atoms with Crippen LogP contribution in [-0.2, 0) is 0 Å². The highest BCUT2D eigenvalue weighted by molar-refractivity contribution is 6.99. The summed E-state index contributed by atoms with van der Waals surface area (Å²) in [6.07, 6.45) is 1.40. The van der Waals surface area contributed by atoms with Crippen molar-refractivity contribution in [3.05, 3.63) is 53.5 Å². The number of ketones is 1. The lowest BCUT2D eigenvalue weighted by Crippen LogP contribution is -2.59. The summed E-state index contributed by atoms with van der Waals surface area (Å²) < 4.78 is 4.25. The largest absolute Gasteiger partial charge is 0.425 e. The first-order chi connectivity index (χ1) is 15.1. The van der Waals surface area contributed by atoms with Crippen molar-refractivity contribution < 1.29 is 4.79 Å². The van der Waals surface area contributed by atoms with Crippen LogP contribution < -0.4 is 9.96 Å². The van der Waals surface area contributed by atoms with E-state index in [1.807, 2.05) is 18.2 Å². The Hall–Kier alpha value is -2.68. The van der Waals surface area contributed by atoms with E-state index in [1.165, 1.54) is 6.33 Å². The second-order valence-corrected chi connectivity index (χ2v) is 26.2. The van der Waals surface area contributed by atoms with Gasteiger partial charge in [-0.05, 0) is 18.2 Å². The van der Waals surface area contributed by atoms with E-state index in [1.54, 1.807) is 10.6 Å². The lowest BCUT2D eigenvalue weighted by molar-refractivity contribution is 0.104. The number of nitrogens with two attached hydrogens (primary N) is 1. The molecule has 0 aliphatic heterocycles. The third-order valence-electron chi connectivity index (χ3n) is 5.10. The molecule has 0 aliphatic carbocycles. The van der Waals surface area contributed by atoms with Crippen molar-refractivity contribution in [2.24, 2.45) is 0 Å². The third kappa shape index (κ3) is 5.46. The van der Waals surface area contributed by atoms with E-state index >= 15 is 0 Å². The topological polar surface area (TPSA) is 76.5 Å². The smallest absolute Gasteiger partial charge is 0.195 e. The molecular formula is C24H35N5OSi3. The predicted molar refractivity (Wildman–Crippen MR) is 147 cm³/mol. The molecule has 0 atom stereocenters. The number of hydrogen-bond acceptors (Lipinski definition) is 5. The van der Waals surface area contributed by atoms with Crippen molar-refractivity contribution in [2.45, 2.75) is 58.9 Å². The minimum absolute atomic E-state index is 0.0944. The van der Waals surface area contributed by atoms with Crippen LogP contribution >= 0.6 is 0 Å². The molecule has 2 heterocycles. The van der Waals surface area contributed by atoms with Crippen LogP contribution in [0.5, 0.6) is 0 Å². The van der Waals surface area contributed by atoms with Gasteiger partial charge in [0.15, 0.2) is 11.6 Å². The molecule has 2 aromatic heterocycles. The van der Waals surface area contributed by atoms with Gasteiger partial charge in [0, 0.05) is 11.3 Å². The first-order valence-corrected chi connectivity index (χ1v) is 21.6. The average Bonchev–Trinajstić information content (AvgIpc) is 3.03. The predicted octanol–water partition coefficient (Wildman–Crippen LogP) is 5.25. The number of nitrogens with zero attached hydrogens (tertiary/aromatic N) is 4. The number of aromatic nitrogens is 3. The van der Waals surface area contributed by atoms with E-state index in [9.17, 15) is 4.79 Å². The summed E-state index contributed by atoms with van der Waals surface area (Å²) in [6.45, 7) is 20.6. The Bertz CT molecular complexity index is 1250. The Labute approximate surface area is 200 Å². The third-order valence-corrected chi connectivity index (χ3v) is 13.2. The van der Waals surface area contributed by atoms with Crippen molar-refractivity contribution in [1.82, 2.24) is 14.6 Å². The maximum absolute atomic E-state index is 13.7. The van der Waals surface area contributed by atoms with Crippen molar-refractivity contribution in [3.8, 4) is 11.5 Å². The molecular weight excluding hydrogens is 459 g/mol. The SMILES string of the molecule is C[Si](C)(C)C#Cc1cc(C(=O)c2cccc(N([Si](C)(C)C)[Si](C)(C)C)c2)c2c(N)ncnn12. The molecule has 174 valence electrons. The van der Waals surface area contributed by atoms with E-state index in [2.05, 4.69) is 90.8 Å². The van der Waals surface area contributed by atoms with Gasteiger partial charge in [-0.3, -0.25) is 4.79 Å². The molecule has 9 heteroatoms. The Morgan fingerprint density at radius 3 is 2.21 bits per heavy atom. The minimum atomic E-state index is -1.65. The maximum atomic E-state index is 13.7. The molecule has 0 aliphatic rings. The number of carbonyl (C=O) groups is 1. The van der Waals surface area contributed by atoms with Crippen molar-refractivity contribution >= 4 is 47.3 Å². The van der Waals surface area contributed by atoms with E-state index in [-0.39, 0.29) is 11.6 Å². The summed E-state index contributed by atoms with van der Waals surface area (Å²) in [6, 6.07) is 9.79. The van der Waals surface area contributed by atoms with Gasteiger partial charge in [0.2, 0.25) is 0 Å². The van der Waals surface area contributed by atoms with Gasteiger partial charge >= 0.3 is 0 Å². The van der Waals surface area contributed by atoms with Crippen LogP contribution in [0.15, 0.2) is 36.7 Å². The number of nitrogen functional groups attached to an aromatic ring is 1. The summed E-state index contributed by atoms with van der Waals surface area (Å²) in [5, 5.41) is 4.34. The van der Waals surface area contributed by atoms with E-state index in [4.69, 9.17) is 5.73 Å². The van der Waals surface area contributed by atoms with Gasteiger partial charge in [-0.15, -0.1) is 5.54 Å². The van der Waals surface area contributed by atoms with Crippen molar-refractivity contribution in [3.63, 3.8) is 0 Å². The van der Waals surface area contributed by atoms with Crippen molar-refractivity contribution in [2.75, 3.05) is 9.96 Å². The van der Waals surface area contributed by atoms with Gasteiger partial charge < -0.3 is 9.96 Å². The number of hydrogen-bond donors (Lipinski definition) is 1. The van der Waals surface area contributed by atoms with Gasteiger partial charge in [-0.2, -0.15) is 5.10 Å². The van der Waals surface area contributed by atoms with Crippen LogP contribution in [0.25, 0.3) is 5.52 Å². The zero-order chi connectivity index (χ0) is 24.8. The molecule has 0 fully saturated rings. The Balaban J connectivity index is 2.16. The molecule has 0 saturated heterocycles. The molecule has 1 aromatic carbocycles. The number of benzene rings is 1. The fourth-order valence-electron chi connectivity index (χ4n) is 4.30. The van der Waals surface area contributed by atoms with Crippen LogP contribution in [0, 0.1) is 11.5 Å². The fourth-order valence-corrected chi connectivity index (χ4v) is 14.7. The van der Waals surface area contributed by atoms with Gasteiger partial charge in [0.1, 0.15) is 42.1 Å². The lowest BCUT2D eigenvalue weighted by Gasteiger charge is -2.46. The summed E-state index contributed by atoms with van der Waals surface area (Å²) in [5.41, 5.74) is 13.0. The summed E-state index contributed by atoms with van der Waals surface area (Å²) in [4.78, 5) is 17.9. The normalized spacial score (nSPS) is 12.4. The van der Waals surface area contributed by atoms with Crippen LogP contribution in [-0.4, -0.2) is 44.9 Å². The number of rotatable bonds is 5. The van der Waals surface area contributed by atoms with Crippen LogP contribution in [0.2, 0.25) is 58.9 Å². The Morgan fingerprint density at radius 1 is 1.00 bits per heavy atom.